The number of fused-ring (bicyclic) bond motifs is 1. The zero-order valence-corrected chi connectivity index (χ0v) is 23.3. The van der Waals surface area contributed by atoms with Crippen LogP contribution in [0.5, 0.6) is 0 Å². The van der Waals surface area contributed by atoms with E-state index in [-0.39, 0.29) is 32.3 Å². The van der Waals surface area contributed by atoms with Gasteiger partial charge in [0.1, 0.15) is 13.2 Å². The first-order valence-electron chi connectivity index (χ1n) is 13.9. The van der Waals surface area contributed by atoms with Crippen LogP contribution in [0.15, 0.2) is 54.6 Å². The van der Waals surface area contributed by atoms with E-state index in [4.69, 9.17) is 18.9 Å². The maximum absolute atomic E-state index is 13.8. The van der Waals surface area contributed by atoms with Gasteiger partial charge in [-0.15, -0.1) is 0 Å². The predicted molar refractivity (Wildman–Crippen MR) is 147 cm³/mol. The third kappa shape index (κ3) is 8.12. The van der Waals surface area contributed by atoms with Crippen LogP contribution in [0.3, 0.4) is 0 Å². The highest BCUT2D eigenvalue weighted by molar-refractivity contribution is 5.90. The van der Waals surface area contributed by atoms with Crippen LogP contribution in [0, 0.1) is 0 Å². The molecule has 2 aliphatic rings. The van der Waals surface area contributed by atoms with Crippen LogP contribution in [-0.2, 0) is 56.8 Å². The molecular formula is C30H37N3O8. The topological polar surface area (TPSA) is 132 Å². The van der Waals surface area contributed by atoms with Crippen molar-refractivity contribution >= 4 is 23.8 Å². The van der Waals surface area contributed by atoms with E-state index >= 15 is 0 Å². The van der Waals surface area contributed by atoms with Crippen LogP contribution < -0.4 is 10.6 Å². The molecule has 2 aromatic rings. The fraction of sp³-hybridized carbons (Fsp3) is 0.467. The summed E-state index contributed by atoms with van der Waals surface area (Å²) in [6.45, 7) is 2.52. The summed E-state index contributed by atoms with van der Waals surface area (Å²) in [6.07, 6.45) is 2.04. The summed E-state index contributed by atoms with van der Waals surface area (Å²) in [4.78, 5) is 52.9. The molecule has 0 aliphatic carbocycles. The number of nitrogens with one attached hydrogen (secondary N) is 2. The van der Waals surface area contributed by atoms with Crippen LogP contribution in [0.1, 0.15) is 42.9 Å². The first kappa shape index (κ1) is 30.2. The smallest absolute Gasteiger partial charge is 0.355 e. The van der Waals surface area contributed by atoms with E-state index in [1.54, 1.807) is 17.0 Å². The average Bonchev–Trinajstić information content (AvgIpc) is 2.99. The lowest BCUT2D eigenvalue weighted by molar-refractivity contribution is -0.182. The molecule has 1 fully saturated rings. The Morgan fingerprint density at radius 1 is 0.976 bits per heavy atom. The zero-order valence-electron chi connectivity index (χ0n) is 23.3. The molecule has 11 nitrogen and oxygen atoms in total. The second-order valence-corrected chi connectivity index (χ2v) is 9.99. The molecule has 4 rings (SSSR count). The Morgan fingerprint density at radius 3 is 2.46 bits per heavy atom. The number of piperidine rings is 1. The van der Waals surface area contributed by atoms with Crippen LogP contribution in [0.25, 0.3) is 0 Å². The number of ether oxygens (including phenoxy) is 4. The van der Waals surface area contributed by atoms with Crippen molar-refractivity contribution in [1.29, 1.82) is 0 Å². The fourth-order valence-electron chi connectivity index (χ4n) is 5.10. The molecule has 0 spiro atoms. The van der Waals surface area contributed by atoms with Crippen LogP contribution in [0.2, 0.25) is 0 Å². The van der Waals surface area contributed by atoms with E-state index in [9.17, 15) is 19.2 Å². The summed E-state index contributed by atoms with van der Waals surface area (Å²) in [5.74, 6) is -2.41. The van der Waals surface area contributed by atoms with Gasteiger partial charge in [0, 0.05) is 25.6 Å². The van der Waals surface area contributed by atoms with Crippen molar-refractivity contribution in [2.45, 2.75) is 51.0 Å². The lowest BCUT2D eigenvalue weighted by atomic mass is 9.86. The van der Waals surface area contributed by atoms with E-state index in [0.717, 1.165) is 37.1 Å². The number of carbonyl (C=O) groups excluding carboxylic acids is 4. The molecule has 0 bridgehead atoms. The zero-order chi connectivity index (χ0) is 29.1. The van der Waals surface area contributed by atoms with E-state index < -0.39 is 36.3 Å². The summed E-state index contributed by atoms with van der Waals surface area (Å²) in [6, 6.07) is 16.6. The van der Waals surface area contributed by atoms with Crippen molar-refractivity contribution in [2.24, 2.45) is 0 Å². The minimum atomic E-state index is -1.77. The van der Waals surface area contributed by atoms with Gasteiger partial charge in [-0.1, -0.05) is 54.6 Å². The molecule has 0 saturated carbocycles. The molecule has 1 atom stereocenters. The van der Waals surface area contributed by atoms with E-state index in [0.29, 0.717) is 18.5 Å². The number of carbonyl (C=O) groups is 4. The normalized spacial score (nSPS) is 19.0. The van der Waals surface area contributed by atoms with Gasteiger partial charge in [-0.05, 0) is 43.5 Å². The number of benzene rings is 2. The van der Waals surface area contributed by atoms with E-state index in [1.165, 1.54) is 6.92 Å². The maximum atomic E-state index is 13.8. The maximum Gasteiger partial charge on any atom is 0.355 e. The summed E-state index contributed by atoms with van der Waals surface area (Å²) in [5, 5.41) is 6.13. The quantitative estimate of drug-likeness (QED) is 0.289. The lowest BCUT2D eigenvalue weighted by Crippen LogP contribution is -2.66. The van der Waals surface area contributed by atoms with Gasteiger partial charge in [0.2, 0.25) is 18.4 Å². The van der Waals surface area contributed by atoms with Crippen molar-refractivity contribution in [3.63, 3.8) is 0 Å². The van der Waals surface area contributed by atoms with Crippen LogP contribution >= 0.6 is 0 Å². The minimum absolute atomic E-state index is 0.0323. The van der Waals surface area contributed by atoms with Crippen molar-refractivity contribution in [3.8, 4) is 0 Å². The van der Waals surface area contributed by atoms with E-state index in [1.807, 2.05) is 42.5 Å². The Bertz CT molecular complexity index is 1200. The third-order valence-electron chi connectivity index (χ3n) is 7.17. The highest BCUT2D eigenvalue weighted by Gasteiger charge is 2.52. The second-order valence-electron chi connectivity index (χ2n) is 9.99. The molecule has 2 heterocycles. The van der Waals surface area contributed by atoms with Crippen LogP contribution in [-0.4, -0.2) is 74.4 Å². The minimum Gasteiger partial charge on any atom is -0.461 e. The molecule has 1 unspecified atom stereocenters. The predicted octanol–water partition coefficient (Wildman–Crippen LogP) is 1.78. The molecule has 0 aromatic heterocycles. The first-order valence-corrected chi connectivity index (χ1v) is 13.9. The van der Waals surface area contributed by atoms with Gasteiger partial charge >= 0.3 is 17.9 Å². The molecule has 2 N–H and O–H groups in total. The summed E-state index contributed by atoms with van der Waals surface area (Å²) < 4.78 is 21.5. The summed E-state index contributed by atoms with van der Waals surface area (Å²) in [7, 11) is 0. The highest BCUT2D eigenvalue weighted by atomic mass is 16.7. The number of hydrogen-bond donors (Lipinski definition) is 2. The number of amides is 1. The molecule has 2 aliphatic heterocycles. The number of esters is 3. The fourth-order valence-corrected chi connectivity index (χ4v) is 5.10. The lowest BCUT2D eigenvalue weighted by Gasteiger charge is -2.46. The monoisotopic (exact) mass is 567 g/mol. The van der Waals surface area contributed by atoms with Gasteiger partial charge in [-0.25, -0.2) is 4.79 Å². The Balaban J connectivity index is 1.54. The average molecular weight is 568 g/mol. The SMILES string of the molecule is CC(=O)OCOC(=O)C1(NC(=O)COC2CCNCC2)c2ccccc2CCN1CCC(=O)OCc1ccccc1. The Kier molecular flexibility index (Phi) is 10.8. The molecule has 1 saturated heterocycles. The molecule has 0 radical (unpaired) electrons. The number of hydrogen-bond acceptors (Lipinski definition) is 10. The largest absolute Gasteiger partial charge is 0.461 e. The number of nitrogens with zero attached hydrogens (tertiary/aromatic N) is 1. The van der Waals surface area contributed by atoms with Gasteiger partial charge in [-0.2, -0.15) is 0 Å². The highest BCUT2D eigenvalue weighted by Crippen LogP contribution is 2.35. The third-order valence-corrected chi connectivity index (χ3v) is 7.17. The van der Waals surface area contributed by atoms with Gasteiger partial charge in [0.15, 0.2) is 0 Å². The Labute approximate surface area is 239 Å². The Hall–Kier alpha value is -3.80. The molecule has 41 heavy (non-hydrogen) atoms. The molecule has 220 valence electrons. The molecule has 2 aromatic carbocycles. The van der Waals surface area contributed by atoms with Crippen molar-refractivity contribution < 1.29 is 38.1 Å². The van der Waals surface area contributed by atoms with Gasteiger partial charge in [0.25, 0.3) is 0 Å². The molecular weight excluding hydrogens is 530 g/mol. The van der Waals surface area contributed by atoms with Crippen molar-refractivity contribution in [2.75, 3.05) is 39.6 Å². The van der Waals surface area contributed by atoms with Gasteiger partial charge in [0.05, 0.1) is 12.5 Å². The van der Waals surface area contributed by atoms with Crippen LogP contribution in [0.4, 0.5) is 0 Å². The van der Waals surface area contributed by atoms with Gasteiger partial charge in [-0.3, -0.25) is 19.3 Å². The van der Waals surface area contributed by atoms with Crippen molar-refractivity contribution in [3.05, 3.63) is 71.3 Å². The standard InChI is InChI=1S/C30H37N3O8/c1-22(34)40-21-41-29(37)30(32-27(35)20-38-25-11-15-31-16-12-25)26-10-6-5-9-24(26)13-17-33(30)18-14-28(36)39-19-23-7-3-2-4-8-23/h2-10,25,31H,11-21H2,1H3,(H,32,35). The molecule has 1 amide bonds. The summed E-state index contributed by atoms with van der Waals surface area (Å²) in [5.41, 5.74) is 0.451. The van der Waals surface area contributed by atoms with E-state index in [2.05, 4.69) is 10.6 Å². The Morgan fingerprint density at radius 2 is 1.71 bits per heavy atom. The molecule has 11 heteroatoms. The second kappa shape index (κ2) is 14.7. The van der Waals surface area contributed by atoms with Crippen molar-refractivity contribution in [1.82, 2.24) is 15.5 Å². The first-order chi connectivity index (χ1) is 19.9. The summed E-state index contributed by atoms with van der Waals surface area (Å²) >= 11 is 0. The number of rotatable bonds is 12. The van der Waals surface area contributed by atoms with Gasteiger partial charge < -0.3 is 29.6 Å².